The van der Waals surface area contributed by atoms with Gasteiger partial charge in [-0.25, -0.2) is 0 Å². The normalized spacial score (nSPS) is 9.07. The van der Waals surface area contributed by atoms with Crippen LogP contribution in [0.25, 0.3) is 10.4 Å². The quantitative estimate of drug-likeness (QED) is 0.248. The van der Waals surface area contributed by atoms with E-state index in [0.717, 1.165) is 18.2 Å². The van der Waals surface area contributed by atoms with Gasteiger partial charge in [-0.05, 0) is 5.53 Å². The largest absolute Gasteiger partial charge is 0.276 e. The monoisotopic (exact) mass is 209 g/mol. The highest BCUT2D eigenvalue weighted by Gasteiger charge is 2.15. The minimum atomic E-state index is -0.802. The third kappa shape index (κ3) is 2.39. The van der Waals surface area contributed by atoms with Crippen molar-refractivity contribution < 1.29 is 9.85 Å². The topological polar surface area (TPSA) is 135 Å². The summed E-state index contributed by atoms with van der Waals surface area (Å²) in [4.78, 5) is 21.5. The molecule has 0 radical (unpaired) electrons. The van der Waals surface area contributed by atoms with E-state index in [9.17, 15) is 20.2 Å². The summed E-state index contributed by atoms with van der Waals surface area (Å²) in [5.74, 6) is 0. The number of rotatable bonds is 3. The van der Waals surface area contributed by atoms with Crippen molar-refractivity contribution in [2.75, 3.05) is 0 Å². The number of hydrogen-bond donors (Lipinski definition) is 0. The number of benzene rings is 1. The Morgan fingerprint density at radius 1 is 1.13 bits per heavy atom. The van der Waals surface area contributed by atoms with Gasteiger partial charge in [-0.3, -0.25) is 20.2 Å². The van der Waals surface area contributed by atoms with Gasteiger partial charge in [0.2, 0.25) is 0 Å². The van der Waals surface area contributed by atoms with Crippen molar-refractivity contribution in [2.24, 2.45) is 5.11 Å². The van der Waals surface area contributed by atoms with Gasteiger partial charge in [0.15, 0.2) is 0 Å². The molecule has 1 rings (SSSR count). The summed E-state index contributed by atoms with van der Waals surface area (Å²) in [6.45, 7) is 0. The molecule has 0 spiro atoms. The predicted molar refractivity (Wildman–Crippen MR) is 48.6 cm³/mol. The Bertz CT molecular complexity index is 416. The van der Waals surface area contributed by atoms with Crippen molar-refractivity contribution in [3.8, 4) is 0 Å². The molecular weight excluding hydrogens is 206 g/mol. The molecule has 0 atom stereocenters. The number of hydrogen-bond acceptors (Lipinski definition) is 5. The maximum absolute atomic E-state index is 10.4. The fourth-order valence-corrected chi connectivity index (χ4v) is 0.900. The second kappa shape index (κ2) is 4.03. The molecule has 1 aromatic rings. The smallest absolute Gasteiger partial charge is 0.258 e. The van der Waals surface area contributed by atoms with E-state index in [0.29, 0.717) is 0 Å². The van der Waals surface area contributed by atoms with E-state index >= 15 is 0 Å². The van der Waals surface area contributed by atoms with Crippen LogP contribution in [0.3, 0.4) is 0 Å². The minimum absolute atomic E-state index is 0.168. The molecule has 76 valence electrons. The van der Waals surface area contributed by atoms with Crippen LogP contribution in [-0.2, 0) is 0 Å². The van der Waals surface area contributed by atoms with E-state index in [-0.39, 0.29) is 5.69 Å². The Morgan fingerprint density at radius 3 is 1.93 bits per heavy atom. The summed E-state index contributed by atoms with van der Waals surface area (Å²) < 4.78 is 0. The van der Waals surface area contributed by atoms with Crippen molar-refractivity contribution in [1.82, 2.24) is 0 Å². The molecule has 9 heteroatoms. The van der Waals surface area contributed by atoms with Gasteiger partial charge in [0.25, 0.3) is 11.4 Å². The zero-order chi connectivity index (χ0) is 11.4. The van der Waals surface area contributed by atoms with E-state index in [1.165, 1.54) is 0 Å². The fourth-order valence-electron chi connectivity index (χ4n) is 0.900. The Kier molecular flexibility index (Phi) is 2.79. The fraction of sp³-hybridized carbons (Fsp3) is 0. The third-order valence-electron chi connectivity index (χ3n) is 1.47. The Hall–Kier alpha value is -2.67. The van der Waals surface area contributed by atoms with Crippen LogP contribution in [0.1, 0.15) is 0 Å². The lowest BCUT2D eigenvalue weighted by molar-refractivity contribution is -0.394. The van der Waals surface area contributed by atoms with Crippen molar-refractivity contribution in [3.63, 3.8) is 0 Å². The Balaban J connectivity index is 3.38. The van der Waals surface area contributed by atoms with Gasteiger partial charge in [0, 0.05) is 17.0 Å². The summed E-state index contributed by atoms with van der Waals surface area (Å²) in [5, 5.41) is 23.8. The average Bonchev–Trinajstić information content (AvgIpc) is 2.17. The third-order valence-corrected chi connectivity index (χ3v) is 1.47. The first-order valence-electron chi connectivity index (χ1n) is 3.53. The molecular formula is C6H3N5O4. The van der Waals surface area contributed by atoms with Crippen LogP contribution in [0.2, 0.25) is 0 Å². The van der Waals surface area contributed by atoms with E-state index in [4.69, 9.17) is 5.53 Å². The molecule has 0 N–H and O–H groups in total. The van der Waals surface area contributed by atoms with Gasteiger partial charge < -0.3 is 0 Å². The summed E-state index contributed by atoms with van der Waals surface area (Å²) in [6.07, 6.45) is 0. The van der Waals surface area contributed by atoms with Crippen LogP contribution >= 0.6 is 0 Å². The standard InChI is InChI=1S/C6H3N5O4/c7-9-8-4-1-5(10(12)13)3-6(2-4)11(14)15/h1-3H. The lowest BCUT2D eigenvalue weighted by Crippen LogP contribution is -1.91. The number of nitro benzene ring substituents is 2. The Morgan fingerprint density at radius 2 is 1.60 bits per heavy atom. The number of nitrogens with zero attached hydrogens (tertiary/aromatic N) is 5. The van der Waals surface area contributed by atoms with Crippen LogP contribution in [0.4, 0.5) is 17.1 Å². The molecule has 0 aliphatic carbocycles. The molecule has 9 nitrogen and oxygen atoms in total. The van der Waals surface area contributed by atoms with Gasteiger partial charge in [-0.1, -0.05) is 5.11 Å². The van der Waals surface area contributed by atoms with Crippen molar-refractivity contribution in [3.05, 3.63) is 48.9 Å². The molecule has 0 aromatic heterocycles. The van der Waals surface area contributed by atoms with Crippen LogP contribution in [0, 0.1) is 20.2 Å². The van der Waals surface area contributed by atoms with E-state index in [1.807, 2.05) is 0 Å². The first-order chi connectivity index (χ1) is 7.04. The Labute approximate surface area is 81.9 Å². The zero-order valence-electron chi connectivity index (χ0n) is 7.10. The van der Waals surface area contributed by atoms with Crippen LogP contribution in [0.15, 0.2) is 23.3 Å². The summed E-state index contributed by atoms with van der Waals surface area (Å²) in [7, 11) is 0. The maximum atomic E-state index is 10.4. The number of non-ortho nitro benzene ring substituents is 2. The summed E-state index contributed by atoms with van der Waals surface area (Å²) in [5.41, 5.74) is 6.94. The molecule has 0 saturated heterocycles. The van der Waals surface area contributed by atoms with E-state index in [1.54, 1.807) is 0 Å². The molecule has 1 aromatic carbocycles. The van der Waals surface area contributed by atoms with Gasteiger partial charge in [0.1, 0.15) is 0 Å². The van der Waals surface area contributed by atoms with Crippen LogP contribution in [0.5, 0.6) is 0 Å². The van der Waals surface area contributed by atoms with Gasteiger partial charge >= 0.3 is 0 Å². The van der Waals surface area contributed by atoms with Crippen LogP contribution < -0.4 is 0 Å². The molecule has 0 bridgehead atoms. The molecule has 0 aliphatic heterocycles. The van der Waals surface area contributed by atoms with Gasteiger partial charge in [-0.15, -0.1) is 0 Å². The summed E-state index contributed by atoms with van der Waals surface area (Å²) >= 11 is 0. The number of azide groups is 1. The molecule has 0 saturated carbocycles. The lowest BCUT2D eigenvalue weighted by Gasteiger charge is -1.94. The molecule has 0 fully saturated rings. The highest BCUT2D eigenvalue weighted by molar-refractivity contribution is 5.55. The molecule has 0 heterocycles. The SMILES string of the molecule is [N-]=[N+]=Nc1cc([N+](=O)[O-])cc([N+](=O)[O-])c1. The average molecular weight is 209 g/mol. The second-order valence-corrected chi connectivity index (χ2v) is 2.41. The van der Waals surface area contributed by atoms with Gasteiger partial charge in [0.05, 0.1) is 21.6 Å². The highest BCUT2D eigenvalue weighted by atomic mass is 16.6. The molecule has 15 heavy (non-hydrogen) atoms. The number of nitro groups is 2. The molecule has 0 unspecified atom stereocenters. The highest BCUT2D eigenvalue weighted by Crippen LogP contribution is 2.27. The first-order valence-corrected chi connectivity index (χ1v) is 3.53. The van der Waals surface area contributed by atoms with Gasteiger partial charge in [-0.2, -0.15) is 0 Å². The summed E-state index contributed by atoms with van der Waals surface area (Å²) in [6, 6.07) is 2.69. The van der Waals surface area contributed by atoms with Crippen molar-refractivity contribution >= 4 is 17.1 Å². The van der Waals surface area contributed by atoms with Crippen molar-refractivity contribution in [2.45, 2.75) is 0 Å². The van der Waals surface area contributed by atoms with Crippen molar-refractivity contribution in [1.29, 1.82) is 0 Å². The zero-order valence-corrected chi connectivity index (χ0v) is 7.10. The van der Waals surface area contributed by atoms with Crippen LogP contribution in [-0.4, -0.2) is 9.85 Å². The minimum Gasteiger partial charge on any atom is -0.258 e. The van der Waals surface area contributed by atoms with E-state index < -0.39 is 21.2 Å². The molecule has 0 amide bonds. The first kappa shape index (κ1) is 10.4. The lowest BCUT2D eigenvalue weighted by atomic mass is 10.2. The predicted octanol–water partition coefficient (Wildman–Crippen LogP) is 2.44. The second-order valence-electron chi connectivity index (χ2n) is 2.41. The maximum Gasteiger partial charge on any atom is 0.276 e. The molecule has 0 aliphatic rings. The van der Waals surface area contributed by atoms with E-state index in [2.05, 4.69) is 10.0 Å².